The van der Waals surface area contributed by atoms with Crippen molar-refractivity contribution in [2.45, 2.75) is 38.8 Å². The molecule has 2 nitrogen and oxygen atoms in total. The zero-order valence-electron chi connectivity index (χ0n) is 8.71. The van der Waals surface area contributed by atoms with Crippen molar-refractivity contribution in [1.29, 1.82) is 0 Å². The van der Waals surface area contributed by atoms with Gasteiger partial charge < -0.3 is 5.11 Å². The highest BCUT2D eigenvalue weighted by Gasteiger charge is 2.25. The zero-order chi connectivity index (χ0) is 9.84. The lowest BCUT2D eigenvalue weighted by Gasteiger charge is -2.31. The topological polar surface area (TPSA) is 32.3 Å². The lowest BCUT2D eigenvalue weighted by molar-refractivity contribution is 0.0560. The summed E-state index contributed by atoms with van der Waals surface area (Å²) < 4.78 is 0. The fraction of sp³-hybridized carbons (Fsp3) is 0.818. The summed E-state index contributed by atoms with van der Waals surface area (Å²) in [4.78, 5) is 0. The van der Waals surface area contributed by atoms with Crippen LogP contribution in [0.2, 0.25) is 0 Å². The van der Waals surface area contributed by atoms with E-state index in [1.165, 1.54) is 18.4 Å². The second-order valence-corrected chi connectivity index (χ2v) is 4.19. The van der Waals surface area contributed by atoms with E-state index in [1.54, 1.807) is 0 Å². The Morgan fingerprint density at radius 2 is 1.92 bits per heavy atom. The molecule has 0 bridgehead atoms. The van der Waals surface area contributed by atoms with Gasteiger partial charge in [-0.25, -0.2) is 0 Å². The van der Waals surface area contributed by atoms with Gasteiger partial charge in [-0.05, 0) is 51.5 Å². The Kier molecular flexibility index (Phi) is 3.94. The summed E-state index contributed by atoms with van der Waals surface area (Å²) >= 11 is 0. The molecule has 1 atom stereocenters. The molecule has 1 unspecified atom stereocenters. The highest BCUT2D eigenvalue weighted by molar-refractivity contribution is 4.98. The van der Waals surface area contributed by atoms with Crippen molar-refractivity contribution in [2.24, 2.45) is 11.8 Å². The lowest BCUT2D eigenvalue weighted by atomic mass is 9.78. The fourth-order valence-electron chi connectivity index (χ4n) is 2.16. The lowest BCUT2D eigenvalue weighted by Crippen LogP contribution is -2.35. The molecule has 1 aliphatic rings. The molecule has 0 spiro atoms. The molecule has 1 rings (SSSR count). The van der Waals surface area contributed by atoms with Gasteiger partial charge in [0.05, 0.1) is 0 Å². The van der Waals surface area contributed by atoms with E-state index in [9.17, 15) is 5.11 Å². The maximum Gasteiger partial charge on any atom is 0.107 e. The predicted octanol–water partition coefficient (Wildman–Crippen LogP) is 1.91. The van der Waals surface area contributed by atoms with Gasteiger partial charge in [0.25, 0.3) is 0 Å². The van der Waals surface area contributed by atoms with Crippen molar-refractivity contribution < 1.29 is 5.11 Å². The van der Waals surface area contributed by atoms with E-state index in [0.717, 1.165) is 12.8 Å². The Morgan fingerprint density at radius 1 is 1.38 bits per heavy atom. The minimum absolute atomic E-state index is 0.314. The highest BCUT2D eigenvalue weighted by atomic mass is 16.3. The number of aliphatic hydroxyl groups excluding tert-OH is 1. The highest BCUT2D eigenvalue weighted by Crippen LogP contribution is 2.33. The van der Waals surface area contributed by atoms with Crippen LogP contribution in [0.15, 0.2) is 12.2 Å². The molecule has 0 heterocycles. The number of nitrogens with one attached hydrogen (secondary N) is 1. The molecule has 13 heavy (non-hydrogen) atoms. The van der Waals surface area contributed by atoms with Gasteiger partial charge in [0.15, 0.2) is 0 Å². The van der Waals surface area contributed by atoms with Crippen LogP contribution in [0.4, 0.5) is 0 Å². The summed E-state index contributed by atoms with van der Waals surface area (Å²) in [6.07, 6.45) is 4.32. The Morgan fingerprint density at radius 3 is 2.31 bits per heavy atom. The first kappa shape index (κ1) is 10.7. The minimum atomic E-state index is -0.314. The Labute approximate surface area is 81.0 Å². The van der Waals surface area contributed by atoms with Crippen LogP contribution >= 0.6 is 0 Å². The molecule has 76 valence electrons. The maximum absolute atomic E-state index is 9.57. The van der Waals surface area contributed by atoms with E-state index in [1.807, 2.05) is 7.05 Å². The van der Waals surface area contributed by atoms with Crippen molar-refractivity contribution in [3.8, 4) is 0 Å². The summed E-state index contributed by atoms with van der Waals surface area (Å²) in [5, 5.41) is 12.5. The van der Waals surface area contributed by atoms with Gasteiger partial charge >= 0.3 is 0 Å². The molecule has 0 saturated heterocycles. The number of rotatable bonds is 3. The van der Waals surface area contributed by atoms with Crippen LogP contribution in [0.1, 0.15) is 32.6 Å². The molecule has 1 fully saturated rings. The third kappa shape index (κ3) is 2.82. The van der Waals surface area contributed by atoms with E-state index in [2.05, 4.69) is 18.8 Å². The smallest absolute Gasteiger partial charge is 0.107 e. The molecule has 1 saturated carbocycles. The van der Waals surface area contributed by atoms with E-state index in [4.69, 9.17) is 0 Å². The Hall–Kier alpha value is -0.340. The van der Waals surface area contributed by atoms with Gasteiger partial charge in [-0.15, -0.1) is 0 Å². The minimum Gasteiger partial charge on any atom is -0.378 e. The van der Waals surface area contributed by atoms with E-state index in [0.29, 0.717) is 11.8 Å². The summed E-state index contributed by atoms with van der Waals surface area (Å²) in [5.74, 6) is 1.14. The standard InChI is InChI=1S/C11H21NO/c1-8(2)9-4-6-10(7-5-9)11(13)12-3/h9-13H,1,4-7H2,2-3H3. The van der Waals surface area contributed by atoms with Crippen molar-refractivity contribution in [3.63, 3.8) is 0 Å². The monoisotopic (exact) mass is 183 g/mol. The van der Waals surface area contributed by atoms with Gasteiger partial charge in [0.2, 0.25) is 0 Å². The molecule has 0 aromatic rings. The van der Waals surface area contributed by atoms with Crippen LogP contribution in [0.25, 0.3) is 0 Å². The molecular weight excluding hydrogens is 162 g/mol. The number of aliphatic hydroxyl groups is 1. The zero-order valence-corrected chi connectivity index (χ0v) is 8.71. The molecule has 2 N–H and O–H groups in total. The van der Waals surface area contributed by atoms with Crippen molar-refractivity contribution in [3.05, 3.63) is 12.2 Å². The van der Waals surface area contributed by atoms with Gasteiger partial charge in [0, 0.05) is 0 Å². The maximum atomic E-state index is 9.57. The van der Waals surface area contributed by atoms with Crippen molar-refractivity contribution in [1.82, 2.24) is 5.32 Å². The van der Waals surface area contributed by atoms with Crippen LogP contribution in [0.5, 0.6) is 0 Å². The number of hydrogen-bond acceptors (Lipinski definition) is 2. The fourth-order valence-corrected chi connectivity index (χ4v) is 2.16. The van der Waals surface area contributed by atoms with Crippen LogP contribution in [-0.4, -0.2) is 18.4 Å². The van der Waals surface area contributed by atoms with E-state index < -0.39 is 0 Å². The van der Waals surface area contributed by atoms with E-state index in [-0.39, 0.29) is 6.23 Å². The van der Waals surface area contributed by atoms with Crippen LogP contribution < -0.4 is 5.32 Å². The third-order valence-electron chi connectivity index (χ3n) is 3.21. The predicted molar refractivity (Wildman–Crippen MR) is 55.3 cm³/mol. The summed E-state index contributed by atoms with van der Waals surface area (Å²) in [5.41, 5.74) is 1.30. The van der Waals surface area contributed by atoms with E-state index >= 15 is 0 Å². The molecular formula is C11H21NO. The normalized spacial score (nSPS) is 31.3. The van der Waals surface area contributed by atoms with Crippen molar-refractivity contribution in [2.75, 3.05) is 7.05 Å². The molecule has 0 radical (unpaired) electrons. The SMILES string of the molecule is C=C(C)C1CCC(C(O)NC)CC1. The largest absolute Gasteiger partial charge is 0.378 e. The summed E-state index contributed by atoms with van der Waals surface area (Å²) in [6, 6.07) is 0. The van der Waals surface area contributed by atoms with Gasteiger partial charge in [-0.2, -0.15) is 0 Å². The Balaban J connectivity index is 2.34. The van der Waals surface area contributed by atoms with Crippen LogP contribution in [0.3, 0.4) is 0 Å². The first-order valence-corrected chi connectivity index (χ1v) is 5.16. The quantitative estimate of drug-likeness (QED) is 0.517. The first-order chi connectivity index (χ1) is 6.15. The number of hydrogen-bond donors (Lipinski definition) is 2. The Bertz CT molecular complexity index is 171. The first-order valence-electron chi connectivity index (χ1n) is 5.16. The second kappa shape index (κ2) is 4.77. The van der Waals surface area contributed by atoms with Gasteiger partial charge in [-0.3, -0.25) is 5.32 Å². The third-order valence-corrected chi connectivity index (χ3v) is 3.21. The van der Waals surface area contributed by atoms with Crippen LogP contribution in [-0.2, 0) is 0 Å². The molecule has 0 amide bonds. The molecule has 1 aliphatic carbocycles. The summed E-state index contributed by atoms with van der Waals surface area (Å²) in [6.45, 7) is 6.10. The molecule has 2 heteroatoms. The molecule has 0 aliphatic heterocycles. The average Bonchev–Trinajstić information content (AvgIpc) is 2.17. The van der Waals surface area contributed by atoms with Gasteiger partial charge in [-0.1, -0.05) is 12.2 Å². The second-order valence-electron chi connectivity index (χ2n) is 4.19. The molecule has 0 aromatic heterocycles. The average molecular weight is 183 g/mol. The van der Waals surface area contributed by atoms with Gasteiger partial charge in [0.1, 0.15) is 6.23 Å². The summed E-state index contributed by atoms with van der Waals surface area (Å²) in [7, 11) is 1.81. The molecule has 0 aromatic carbocycles. The number of allylic oxidation sites excluding steroid dienone is 1. The van der Waals surface area contributed by atoms with Crippen molar-refractivity contribution >= 4 is 0 Å². The van der Waals surface area contributed by atoms with Crippen LogP contribution in [0, 0.1) is 11.8 Å².